The van der Waals surface area contributed by atoms with E-state index in [1.54, 1.807) is 29.4 Å². The van der Waals surface area contributed by atoms with Gasteiger partial charge in [-0.15, -0.1) is 11.3 Å². The summed E-state index contributed by atoms with van der Waals surface area (Å²) < 4.78 is 28.3. The lowest BCUT2D eigenvalue weighted by atomic mass is 10.0. The smallest absolute Gasteiger partial charge is 0.268 e. The maximum Gasteiger partial charge on any atom is 0.268 e. The van der Waals surface area contributed by atoms with Crippen LogP contribution in [0.4, 0.5) is 0 Å². The number of benzene rings is 1. The Balaban J connectivity index is 1.34. The molecule has 0 saturated carbocycles. The molecule has 0 saturated heterocycles. The quantitative estimate of drug-likeness (QED) is 0.415. The molecule has 3 aromatic heterocycles. The van der Waals surface area contributed by atoms with Crippen LogP contribution in [0.3, 0.4) is 0 Å². The summed E-state index contributed by atoms with van der Waals surface area (Å²) in [4.78, 5) is 20.9. The molecule has 0 bridgehead atoms. The Morgan fingerprint density at radius 3 is 2.94 bits per heavy atom. The standard InChI is InChI=1S/C22H21ClN4O3S2/c23-20-11-15-10-19(26-22(15)31-20)21(28)25-18-9-14-3-1-2-4-16(14)17(18)12-32(29,30)8-7-27-6-5-24-13-27/h1-6,10-11,13,17-18,26H,7-9,12H2,(H,25,28)/t17-,18-/m1/s1. The van der Waals surface area contributed by atoms with Gasteiger partial charge in [0.1, 0.15) is 10.5 Å². The van der Waals surface area contributed by atoms with Crippen LogP contribution < -0.4 is 5.32 Å². The summed E-state index contributed by atoms with van der Waals surface area (Å²) in [6.07, 6.45) is 5.59. The van der Waals surface area contributed by atoms with Gasteiger partial charge in [0.25, 0.3) is 5.91 Å². The number of carbonyl (C=O) groups is 1. The highest BCUT2D eigenvalue weighted by molar-refractivity contribution is 7.91. The van der Waals surface area contributed by atoms with Crippen LogP contribution in [0.15, 0.2) is 55.1 Å². The third-order valence-electron chi connectivity index (χ3n) is 5.87. The number of fused-ring (bicyclic) bond motifs is 2. The van der Waals surface area contributed by atoms with Crippen molar-refractivity contribution >= 4 is 48.9 Å². The molecule has 1 amide bonds. The number of H-pyrrole nitrogens is 1. The molecule has 0 aliphatic heterocycles. The Morgan fingerprint density at radius 2 is 2.16 bits per heavy atom. The predicted molar refractivity (Wildman–Crippen MR) is 126 cm³/mol. The van der Waals surface area contributed by atoms with Crippen LogP contribution in [0.2, 0.25) is 4.34 Å². The number of aromatic nitrogens is 3. The highest BCUT2D eigenvalue weighted by Crippen LogP contribution is 2.35. The molecule has 0 fully saturated rings. The number of carbonyl (C=O) groups excluding carboxylic acids is 1. The third-order valence-corrected chi connectivity index (χ3v) is 8.74. The minimum atomic E-state index is -3.35. The van der Waals surface area contributed by atoms with Gasteiger partial charge in [0.2, 0.25) is 0 Å². The molecule has 166 valence electrons. The van der Waals surface area contributed by atoms with Crippen molar-refractivity contribution < 1.29 is 13.2 Å². The molecular formula is C22H21ClN4O3S2. The molecule has 7 nitrogen and oxygen atoms in total. The topological polar surface area (TPSA) is 96.8 Å². The Kier molecular flexibility index (Phi) is 5.56. The molecule has 1 aromatic carbocycles. The summed E-state index contributed by atoms with van der Waals surface area (Å²) in [6.45, 7) is 0.357. The third kappa shape index (κ3) is 4.32. The van der Waals surface area contributed by atoms with Crippen molar-refractivity contribution in [2.45, 2.75) is 24.9 Å². The molecule has 2 atom stereocenters. The fraction of sp³-hybridized carbons (Fsp3) is 0.273. The predicted octanol–water partition coefficient (Wildman–Crippen LogP) is 3.63. The number of sulfone groups is 1. The molecule has 3 heterocycles. The minimum absolute atomic E-state index is 0.0148. The molecule has 4 aromatic rings. The Labute approximate surface area is 194 Å². The SMILES string of the molecule is O=C(N[C@@H]1Cc2ccccc2[C@H]1CS(=O)(=O)CCn1ccnc1)c1cc2cc(Cl)sc2[nH]1. The number of aromatic amines is 1. The van der Waals surface area contributed by atoms with E-state index in [9.17, 15) is 13.2 Å². The molecule has 0 spiro atoms. The van der Waals surface area contributed by atoms with Crippen LogP contribution in [0.25, 0.3) is 10.2 Å². The lowest BCUT2D eigenvalue weighted by molar-refractivity contribution is 0.0930. The Morgan fingerprint density at radius 1 is 1.31 bits per heavy atom. The van der Waals surface area contributed by atoms with Crippen LogP contribution in [-0.4, -0.2) is 46.4 Å². The highest BCUT2D eigenvalue weighted by Gasteiger charge is 2.36. The first-order chi connectivity index (χ1) is 15.4. The normalized spacial score (nSPS) is 18.2. The lowest BCUT2D eigenvalue weighted by Gasteiger charge is -2.22. The van der Waals surface area contributed by atoms with E-state index in [0.29, 0.717) is 23.0 Å². The van der Waals surface area contributed by atoms with E-state index in [0.717, 1.165) is 21.3 Å². The summed E-state index contributed by atoms with van der Waals surface area (Å²) in [5.74, 6) is -0.535. The molecule has 2 N–H and O–H groups in total. The largest absolute Gasteiger partial charge is 0.347 e. The fourth-order valence-corrected chi connectivity index (χ4v) is 7.06. The van der Waals surface area contributed by atoms with Gasteiger partial charge in [-0.3, -0.25) is 4.79 Å². The number of hydrogen-bond donors (Lipinski definition) is 2. The van der Waals surface area contributed by atoms with Crippen molar-refractivity contribution in [1.82, 2.24) is 19.9 Å². The summed E-state index contributed by atoms with van der Waals surface area (Å²) in [7, 11) is -3.35. The molecule has 32 heavy (non-hydrogen) atoms. The van der Waals surface area contributed by atoms with Crippen molar-refractivity contribution in [3.63, 3.8) is 0 Å². The fourth-order valence-electron chi connectivity index (χ4n) is 4.32. The van der Waals surface area contributed by atoms with E-state index >= 15 is 0 Å². The average Bonchev–Trinajstić information content (AvgIpc) is 3.51. The lowest BCUT2D eigenvalue weighted by Crippen LogP contribution is -2.40. The van der Waals surface area contributed by atoms with Crippen molar-refractivity contribution in [3.05, 3.63) is 76.3 Å². The first-order valence-electron chi connectivity index (χ1n) is 10.2. The van der Waals surface area contributed by atoms with Gasteiger partial charge in [-0.05, 0) is 29.7 Å². The van der Waals surface area contributed by atoms with Crippen LogP contribution in [-0.2, 0) is 22.8 Å². The molecule has 5 rings (SSSR count). The number of aryl methyl sites for hydroxylation is 1. The number of amides is 1. The second-order valence-corrected chi connectivity index (χ2v) is 11.9. The number of nitrogens with one attached hydrogen (secondary N) is 2. The molecular weight excluding hydrogens is 468 g/mol. The van der Waals surface area contributed by atoms with E-state index in [4.69, 9.17) is 11.6 Å². The monoisotopic (exact) mass is 488 g/mol. The summed E-state index contributed by atoms with van der Waals surface area (Å²) >= 11 is 7.40. The van der Waals surface area contributed by atoms with E-state index in [1.807, 2.05) is 30.3 Å². The molecule has 0 radical (unpaired) electrons. The van der Waals surface area contributed by atoms with Gasteiger partial charge in [0.05, 0.1) is 22.2 Å². The van der Waals surface area contributed by atoms with Crippen molar-refractivity contribution in [1.29, 1.82) is 0 Å². The van der Waals surface area contributed by atoms with Gasteiger partial charge in [-0.1, -0.05) is 35.9 Å². The number of nitrogens with zero attached hydrogens (tertiary/aromatic N) is 2. The van der Waals surface area contributed by atoms with Gasteiger partial charge in [-0.25, -0.2) is 13.4 Å². The zero-order chi connectivity index (χ0) is 22.3. The second-order valence-electron chi connectivity index (χ2n) is 8.02. The Hall–Kier alpha value is -2.62. The molecule has 0 unspecified atom stereocenters. The summed E-state index contributed by atoms with van der Waals surface area (Å²) in [6, 6.07) is 11.1. The van der Waals surface area contributed by atoms with Crippen molar-refractivity contribution in [3.8, 4) is 0 Å². The van der Waals surface area contributed by atoms with Gasteiger partial charge in [0, 0.05) is 36.3 Å². The van der Waals surface area contributed by atoms with Crippen LogP contribution in [0, 0.1) is 0 Å². The summed E-state index contributed by atoms with van der Waals surface area (Å²) in [5, 5.41) is 3.96. The van der Waals surface area contributed by atoms with Gasteiger partial charge in [-0.2, -0.15) is 0 Å². The first-order valence-corrected chi connectivity index (χ1v) is 13.2. The van der Waals surface area contributed by atoms with Gasteiger partial charge in [0.15, 0.2) is 9.84 Å². The van der Waals surface area contributed by atoms with Crippen LogP contribution in [0.1, 0.15) is 27.5 Å². The zero-order valence-corrected chi connectivity index (χ0v) is 19.4. The highest BCUT2D eigenvalue weighted by atomic mass is 35.5. The van der Waals surface area contributed by atoms with Crippen molar-refractivity contribution in [2.75, 3.05) is 11.5 Å². The molecule has 1 aliphatic carbocycles. The minimum Gasteiger partial charge on any atom is -0.347 e. The van der Waals surface area contributed by atoms with Crippen LogP contribution >= 0.6 is 22.9 Å². The molecule has 10 heteroatoms. The zero-order valence-electron chi connectivity index (χ0n) is 17.0. The Bertz CT molecular complexity index is 1340. The van der Waals surface area contributed by atoms with Gasteiger partial charge >= 0.3 is 0 Å². The number of imidazole rings is 1. The van der Waals surface area contributed by atoms with Crippen LogP contribution in [0.5, 0.6) is 0 Å². The molecule has 1 aliphatic rings. The van der Waals surface area contributed by atoms with Crippen molar-refractivity contribution in [2.24, 2.45) is 0 Å². The number of rotatable bonds is 7. The van der Waals surface area contributed by atoms with E-state index in [-0.39, 0.29) is 29.4 Å². The summed E-state index contributed by atoms with van der Waals surface area (Å²) in [5.41, 5.74) is 2.51. The second kappa shape index (κ2) is 8.38. The average molecular weight is 489 g/mol. The van der Waals surface area contributed by atoms with E-state index in [2.05, 4.69) is 15.3 Å². The number of hydrogen-bond acceptors (Lipinski definition) is 5. The maximum atomic E-state index is 13.0. The maximum absolute atomic E-state index is 13.0. The first kappa shape index (κ1) is 21.2. The number of thiophene rings is 1. The van der Waals surface area contributed by atoms with E-state index < -0.39 is 9.84 Å². The van der Waals surface area contributed by atoms with Gasteiger partial charge < -0.3 is 14.9 Å². The van der Waals surface area contributed by atoms with E-state index in [1.165, 1.54) is 11.3 Å². The number of halogens is 1.